The van der Waals surface area contributed by atoms with E-state index in [9.17, 15) is 9.59 Å². The fraction of sp³-hybridized carbons (Fsp3) is 0.550. The second-order valence-corrected chi connectivity index (χ2v) is 7.16. The fourth-order valence-corrected chi connectivity index (χ4v) is 3.70. The minimum atomic E-state index is -0.303. The van der Waals surface area contributed by atoms with Crippen molar-refractivity contribution in [1.29, 1.82) is 0 Å². The van der Waals surface area contributed by atoms with Gasteiger partial charge >= 0.3 is 6.09 Å². The van der Waals surface area contributed by atoms with Crippen molar-refractivity contribution in [3.8, 4) is 0 Å². The van der Waals surface area contributed by atoms with Crippen LogP contribution in [0.15, 0.2) is 18.2 Å². The zero-order chi connectivity index (χ0) is 19.6. The molecule has 0 unspecified atom stereocenters. The summed E-state index contributed by atoms with van der Waals surface area (Å²) in [6, 6.07) is 6.04. The number of hydrogen-bond acceptors (Lipinski definition) is 4. The molecule has 1 saturated heterocycles. The van der Waals surface area contributed by atoms with Crippen LogP contribution in [-0.4, -0.2) is 64.1 Å². The van der Waals surface area contributed by atoms with Gasteiger partial charge in [-0.15, -0.1) is 0 Å². The van der Waals surface area contributed by atoms with Crippen LogP contribution in [0.25, 0.3) is 11.0 Å². The van der Waals surface area contributed by atoms with Gasteiger partial charge in [-0.3, -0.25) is 4.79 Å². The third kappa shape index (κ3) is 3.91. The summed E-state index contributed by atoms with van der Waals surface area (Å²) in [6.45, 7) is 10.6. The summed E-state index contributed by atoms with van der Waals surface area (Å²) >= 11 is 0. The van der Waals surface area contributed by atoms with E-state index in [1.165, 1.54) is 0 Å². The van der Waals surface area contributed by atoms with Crippen LogP contribution in [0.4, 0.5) is 4.79 Å². The Morgan fingerprint density at radius 1 is 1.15 bits per heavy atom. The first kappa shape index (κ1) is 19.2. The van der Waals surface area contributed by atoms with Gasteiger partial charge in [0.2, 0.25) is 0 Å². The summed E-state index contributed by atoms with van der Waals surface area (Å²) in [6.07, 6.45) is 0.441. The number of carbonyl (C=O) groups excluding carboxylic acids is 2. The number of rotatable bonds is 3. The second-order valence-electron chi connectivity index (χ2n) is 7.16. The number of aryl methyl sites for hydroxylation is 1. The van der Waals surface area contributed by atoms with Gasteiger partial charge in [-0.1, -0.05) is 0 Å². The summed E-state index contributed by atoms with van der Waals surface area (Å²) in [5, 5.41) is 0. The summed E-state index contributed by atoms with van der Waals surface area (Å²) in [5.74, 6) is 0.934. The molecule has 0 aliphatic carbocycles. The Morgan fingerprint density at radius 3 is 2.56 bits per heavy atom. The Kier molecular flexibility index (Phi) is 5.68. The number of aromatic nitrogens is 2. The molecule has 7 nitrogen and oxygen atoms in total. The molecule has 1 aliphatic rings. The van der Waals surface area contributed by atoms with Gasteiger partial charge in [0, 0.05) is 37.8 Å². The lowest BCUT2D eigenvalue weighted by atomic mass is 10.1. The Bertz CT molecular complexity index is 843. The maximum absolute atomic E-state index is 13.0. The Hall–Kier alpha value is -2.57. The lowest BCUT2D eigenvalue weighted by molar-refractivity contribution is 0.0753. The van der Waals surface area contributed by atoms with Gasteiger partial charge in [0.1, 0.15) is 5.82 Å². The Morgan fingerprint density at radius 2 is 1.85 bits per heavy atom. The molecule has 0 saturated carbocycles. The van der Waals surface area contributed by atoms with Crippen LogP contribution in [0.2, 0.25) is 0 Å². The molecule has 2 aromatic rings. The first-order valence-corrected chi connectivity index (χ1v) is 9.62. The number of imidazole rings is 1. The van der Waals surface area contributed by atoms with E-state index >= 15 is 0 Å². The van der Waals surface area contributed by atoms with Crippen LogP contribution in [0.1, 0.15) is 49.4 Å². The molecular formula is C20H28N4O3. The maximum Gasteiger partial charge on any atom is 0.409 e. The molecule has 0 spiro atoms. The van der Waals surface area contributed by atoms with Crippen molar-refractivity contribution in [2.75, 3.05) is 32.8 Å². The van der Waals surface area contributed by atoms with E-state index in [0.717, 1.165) is 23.3 Å². The number of ether oxygens (including phenoxy) is 1. The average molecular weight is 372 g/mol. The van der Waals surface area contributed by atoms with Crippen LogP contribution < -0.4 is 0 Å². The zero-order valence-corrected chi connectivity index (χ0v) is 16.6. The average Bonchev–Trinajstić information content (AvgIpc) is 2.80. The molecule has 0 N–H and O–H groups in total. The quantitative estimate of drug-likeness (QED) is 0.830. The Balaban J connectivity index is 1.76. The zero-order valence-electron chi connectivity index (χ0n) is 16.6. The minimum Gasteiger partial charge on any atom is -0.450 e. The van der Waals surface area contributed by atoms with Crippen LogP contribution >= 0.6 is 0 Å². The minimum absolute atomic E-state index is 0.0145. The van der Waals surface area contributed by atoms with Crippen molar-refractivity contribution in [2.45, 2.75) is 40.2 Å². The monoisotopic (exact) mass is 372 g/mol. The van der Waals surface area contributed by atoms with Crippen molar-refractivity contribution in [3.63, 3.8) is 0 Å². The van der Waals surface area contributed by atoms with E-state index < -0.39 is 0 Å². The van der Waals surface area contributed by atoms with Crippen molar-refractivity contribution >= 4 is 23.0 Å². The van der Waals surface area contributed by atoms with Crippen molar-refractivity contribution < 1.29 is 14.3 Å². The molecule has 1 fully saturated rings. The molecular weight excluding hydrogens is 344 g/mol. The normalized spacial score (nSPS) is 15.3. The highest BCUT2D eigenvalue weighted by atomic mass is 16.6. The second kappa shape index (κ2) is 7.98. The molecule has 1 aromatic heterocycles. The van der Waals surface area contributed by atoms with E-state index in [0.29, 0.717) is 44.4 Å². The van der Waals surface area contributed by atoms with Crippen LogP contribution in [0.3, 0.4) is 0 Å². The van der Waals surface area contributed by atoms with Gasteiger partial charge < -0.3 is 19.1 Å². The number of nitrogens with zero attached hydrogens (tertiary/aromatic N) is 4. The third-order valence-corrected chi connectivity index (χ3v) is 4.94. The summed E-state index contributed by atoms with van der Waals surface area (Å²) in [7, 11) is 0. The number of benzene rings is 1. The molecule has 0 bridgehead atoms. The van der Waals surface area contributed by atoms with Crippen LogP contribution in [-0.2, 0) is 4.74 Å². The predicted molar refractivity (Wildman–Crippen MR) is 104 cm³/mol. The predicted octanol–water partition coefficient (Wildman–Crippen LogP) is 3.23. The van der Waals surface area contributed by atoms with Gasteiger partial charge in [0.15, 0.2) is 0 Å². The number of hydrogen-bond donors (Lipinski definition) is 0. The smallest absolute Gasteiger partial charge is 0.409 e. The summed E-state index contributed by atoms with van der Waals surface area (Å²) < 4.78 is 7.24. The van der Waals surface area contributed by atoms with Gasteiger partial charge in [-0.2, -0.15) is 0 Å². The molecule has 7 heteroatoms. The van der Waals surface area contributed by atoms with Gasteiger partial charge in [-0.25, -0.2) is 9.78 Å². The van der Waals surface area contributed by atoms with E-state index in [1.807, 2.05) is 30.0 Å². The van der Waals surface area contributed by atoms with Gasteiger partial charge in [0.25, 0.3) is 5.91 Å². The first-order valence-electron chi connectivity index (χ1n) is 9.62. The molecule has 0 atom stereocenters. The third-order valence-electron chi connectivity index (χ3n) is 4.94. The first-order chi connectivity index (χ1) is 12.9. The summed E-state index contributed by atoms with van der Waals surface area (Å²) in [5.41, 5.74) is 2.53. The standard InChI is InChI=1S/C20H28N4O3/c1-5-27-20(26)23-10-6-9-22(11-12-23)19(25)16-7-8-18-17(13-16)21-15(4)24(18)14(2)3/h7-8,13-14H,5-6,9-12H2,1-4H3. The van der Waals surface area contributed by atoms with Crippen LogP contribution in [0, 0.1) is 6.92 Å². The van der Waals surface area contributed by atoms with Crippen molar-refractivity contribution in [1.82, 2.24) is 19.4 Å². The topological polar surface area (TPSA) is 67.7 Å². The highest BCUT2D eigenvalue weighted by Crippen LogP contribution is 2.22. The van der Waals surface area contributed by atoms with Gasteiger partial charge in [-0.05, 0) is 52.3 Å². The van der Waals surface area contributed by atoms with Crippen LogP contribution in [0.5, 0.6) is 0 Å². The molecule has 2 heterocycles. The molecule has 0 radical (unpaired) electrons. The molecule has 2 amide bonds. The lowest BCUT2D eigenvalue weighted by Crippen LogP contribution is -2.37. The van der Waals surface area contributed by atoms with E-state index in [-0.39, 0.29) is 12.0 Å². The number of amides is 2. The van der Waals surface area contributed by atoms with E-state index in [1.54, 1.807) is 11.8 Å². The largest absolute Gasteiger partial charge is 0.450 e. The molecule has 146 valence electrons. The van der Waals surface area contributed by atoms with Crippen molar-refractivity contribution in [2.24, 2.45) is 0 Å². The van der Waals surface area contributed by atoms with Gasteiger partial charge in [0.05, 0.1) is 17.6 Å². The molecule has 3 rings (SSSR count). The molecule has 1 aliphatic heterocycles. The van der Waals surface area contributed by atoms with E-state index in [4.69, 9.17) is 4.74 Å². The summed E-state index contributed by atoms with van der Waals surface area (Å²) in [4.78, 5) is 33.0. The van der Waals surface area contributed by atoms with E-state index in [2.05, 4.69) is 23.4 Å². The lowest BCUT2D eigenvalue weighted by Gasteiger charge is -2.21. The number of fused-ring (bicyclic) bond motifs is 1. The SMILES string of the molecule is CCOC(=O)N1CCCN(C(=O)c2ccc3c(c2)nc(C)n3C(C)C)CC1. The highest BCUT2D eigenvalue weighted by molar-refractivity contribution is 5.97. The number of carbonyl (C=O) groups is 2. The maximum atomic E-state index is 13.0. The van der Waals surface area contributed by atoms with Crippen molar-refractivity contribution in [3.05, 3.63) is 29.6 Å². The highest BCUT2D eigenvalue weighted by Gasteiger charge is 2.24. The Labute approximate surface area is 159 Å². The molecule has 27 heavy (non-hydrogen) atoms. The molecule has 1 aromatic carbocycles. The fourth-order valence-electron chi connectivity index (χ4n) is 3.70.